The molecule has 0 saturated heterocycles. The fourth-order valence-corrected chi connectivity index (χ4v) is 6.91. The van der Waals surface area contributed by atoms with Gasteiger partial charge < -0.3 is 0 Å². The Morgan fingerprint density at radius 1 is 0.897 bits per heavy atom. The van der Waals surface area contributed by atoms with Crippen LogP contribution in [0.5, 0.6) is 11.5 Å². The minimum atomic E-state index is -0.972. The van der Waals surface area contributed by atoms with Crippen molar-refractivity contribution in [1.82, 2.24) is 0 Å². The second-order valence-corrected chi connectivity index (χ2v) is 9.62. The first kappa shape index (κ1) is 19.4. The Labute approximate surface area is 177 Å². The summed E-state index contributed by atoms with van der Waals surface area (Å²) in [5.74, 6) is -0.481. The molecule has 0 radical (unpaired) electrons. The van der Waals surface area contributed by atoms with E-state index < -0.39 is 5.97 Å². The van der Waals surface area contributed by atoms with E-state index in [0.717, 1.165) is 36.6 Å². The van der Waals surface area contributed by atoms with Gasteiger partial charge in [-0.25, -0.2) is 0 Å². The maximum atomic E-state index is 10.7. The summed E-state index contributed by atoms with van der Waals surface area (Å²) in [5.41, 5.74) is 1.88. The van der Waals surface area contributed by atoms with Gasteiger partial charge in [0.15, 0.2) is 0 Å². The zero-order chi connectivity index (χ0) is 20.4. The average Bonchev–Trinajstić information content (AvgIpc) is 3.05. The van der Waals surface area contributed by atoms with Crippen molar-refractivity contribution in [2.75, 3.05) is 0 Å². The Kier molecular flexibility index (Phi) is 5.49. The van der Waals surface area contributed by atoms with E-state index in [0.29, 0.717) is 0 Å². The van der Waals surface area contributed by atoms with Gasteiger partial charge in [-0.3, -0.25) is 0 Å². The molecule has 4 rings (SSSR count). The molecule has 6 heteroatoms. The van der Waals surface area contributed by atoms with E-state index in [-0.39, 0.29) is 26.0 Å². The Morgan fingerprint density at radius 3 is 2.28 bits per heavy atom. The van der Waals surface area contributed by atoms with Gasteiger partial charge >= 0.3 is 178 Å². The molecule has 144 valence electrons. The monoisotopic (exact) mass is 468 g/mol. The molecule has 0 atom stereocenters. The summed E-state index contributed by atoms with van der Waals surface area (Å²) in [5, 5.41) is 29.4. The third-order valence-electron chi connectivity index (χ3n) is 4.28. The van der Waals surface area contributed by atoms with E-state index >= 15 is 0 Å². The number of phenolic OH excluding ortho intramolecular Hbond substituents is 2. The topological polar surface area (TPSA) is 77.8 Å². The van der Waals surface area contributed by atoms with Crippen molar-refractivity contribution < 1.29 is 20.1 Å². The van der Waals surface area contributed by atoms with E-state index in [9.17, 15) is 15.0 Å². The van der Waals surface area contributed by atoms with E-state index in [1.807, 2.05) is 48.5 Å². The van der Waals surface area contributed by atoms with E-state index in [4.69, 9.17) is 5.11 Å². The Hall–Kier alpha value is -2.92. The summed E-state index contributed by atoms with van der Waals surface area (Å²) in [6.45, 7) is 0. The third kappa shape index (κ3) is 4.40. The summed E-state index contributed by atoms with van der Waals surface area (Å²) in [7, 11) is 0. The minimum absolute atomic E-state index is 0.0392. The first-order valence-electron chi connectivity index (χ1n) is 8.73. The summed E-state index contributed by atoms with van der Waals surface area (Å²) < 4.78 is 2.34. The van der Waals surface area contributed by atoms with Crippen LogP contribution in [0.15, 0.2) is 82.6 Å². The number of fused-ring (bicyclic) bond motifs is 1. The fourth-order valence-electron chi connectivity index (χ4n) is 2.90. The quantitative estimate of drug-likeness (QED) is 0.277. The van der Waals surface area contributed by atoms with E-state index in [1.165, 1.54) is 4.44 Å². The van der Waals surface area contributed by atoms with Crippen molar-refractivity contribution in [3.05, 3.63) is 78.4 Å². The average molecular weight is 467 g/mol. The Balaban J connectivity index is 1.75. The standard InChI is InChI=1S/C23H16O4SSe/c24-16-6-4-15(5-7-16)23-22(19-11-8-17(25)13-20(19)29-23)28-18-9-1-14(2-10-18)3-12-21(26)27/h1-13,24-25H,(H,26,27)/b12-3+. The van der Waals surface area contributed by atoms with Gasteiger partial charge in [0.05, 0.1) is 0 Å². The van der Waals surface area contributed by atoms with Crippen LogP contribution >= 0.6 is 11.8 Å². The number of carboxylic acid groups (broad SMARTS) is 1. The molecule has 29 heavy (non-hydrogen) atoms. The normalized spacial score (nSPS) is 11.3. The van der Waals surface area contributed by atoms with Gasteiger partial charge in [-0.05, 0) is 0 Å². The number of carboxylic acids is 1. The summed E-state index contributed by atoms with van der Waals surface area (Å²) in [6, 6.07) is 20.4. The number of rotatable bonds is 5. The molecule has 3 N–H and O–H groups in total. The molecule has 4 aromatic rings. The van der Waals surface area contributed by atoms with Gasteiger partial charge in [0.1, 0.15) is 0 Å². The number of aromatic hydroxyl groups is 2. The third-order valence-corrected chi connectivity index (χ3v) is 8.22. The first-order valence-corrected chi connectivity index (χ1v) is 11.3. The molecule has 0 saturated carbocycles. The molecule has 0 fully saturated rings. The van der Waals surface area contributed by atoms with Gasteiger partial charge in [0.25, 0.3) is 0 Å². The second-order valence-electron chi connectivity index (χ2n) is 6.33. The van der Waals surface area contributed by atoms with Gasteiger partial charge in [-0.15, -0.1) is 0 Å². The molecule has 3 aromatic carbocycles. The van der Waals surface area contributed by atoms with E-state index in [1.54, 1.807) is 36.0 Å². The van der Waals surface area contributed by atoms with Gasteiger partial charge in [-0.1, -0.05) is 0 Å². The molecular formula is C23H16O4SSe. The SMILES string of the molecule is O=C(O)/C=C/c1ccc(Sc2c(-c3ccc(O)cc3)[se]c3cc(O)ccc23)cc1. The van der Waals surface area contributed by atoms with Crippen LogP contribution in [0, 0.1) is 0 Å². The number of hydrogen-bond acceptors (Lipinski definition) is 4. The number of phenols is 2. The zero-order valence-electron chi connectivity index (χ0n) is 15.1. The van der Waals surface area contributed by atoms with Crippen molar-refractivity contribution in [3.63, 3.8) is 0 Å². The van der Waals surface area contributed by atoms with Gasteiger partial charge in [0, 0.05) is 0 Å². The predicted octanol–water partition coefficient (Wildman–Crippen LogP) is 5.22. The molecule has 0 amide bonds. The van der Waals surface area contributed by atoms with E-state index in [2.05, 4.69) is 0 Å². The van der Waals surface area contributed by atoms with Crippen molar-refractivity contribution in [2.24, 2.45) is 0 Å². The summed E-state index contributed by atoms with van der Waals surface area (Å²) >= 11 is 1.69. The fraction of sp³-hybridized carbons (Fsp3) is 0. The molecule has 0 spiro atoms. The van der Waals surface area contributed by atoms with Crippen LogP contribution in [-0.2, 0) is 4.79 Å². The Bertz CT molecular complexity index is 1210. The van der Waals surface area contributed by atoms with Crippen molar-refractivity contribution in [1.29, 1.82) is 0 Å². The van der Waals surface area contributed by atoms with Gasteiger partial charge in [0.2, 0.25) is 0 Å². The van der Waals surface area contributed by atoms with Crippen molar-refractivity contribution >= 4 is 48.0 Å². The molecule has 0 bridgehead atoms. The first-order chi connectivity index (χ1) is 14.0. The van der Waals surface area contributed by atoms with Crippen molar-refractivity contribution in [3.8, 4) is 21.5 Å². The van der Waals surface area contributed by atoms with Crippen molar-refractivity contribution in [2.45, 2.75) is 9.79 Å². The molecule has 1 aromatic heterocycles. The second kappa shape index (κ2) is 8.21. The van der Waals surface area contributed by atoms with Crippen LogP contribution in [0.2, 0.25) is 0 Å². The molecule has 0 unspecified atom stereocenters. The summed E-state index contributed by atoms with van der Waals surface area (Å²) in [4.78, 5) is 12.9. The number of carbonyl (C=O) groups is 1. The Morgan fingerprint density at radius 2 is 1.59 bits per heavy atom. The molecule has 0 aliphatic heterocycles. The summed E-state index contributed by atoms with van der Waals surface area (Å²) in [6.07, 6.45) is 2.69. The molecular weight excluding hydrogens is 451 g/mol. The van der Waals surface area contributed by atoms with Crippen LogP contribution < -0.4 is 0 Å². The number of hydrogen-bond donors (Lipinski definition) is 3. The molecule has 0 aliphatic carbocycles. The van der Waals surface area contributed by atoms with Crippen LogP contribution in [0.1, 0.15) is 5.56 Å². The van der Waals surface area contributed by atoms with Crippen LogP contribution in [0.25, 0.3) is 25.7 Å². The zero-order valence-corrected chi connectivity index (χ0v) is 17.6. The van der Waals surface area contributed by atoms with Gasteiger partial charge in [-0.2, -0.15) is 0 Å². The van der Waals surface area contributed by atoms with Crippen LogP contribution in [0.3, 0.4) is 0 Å². The van der Waals surface area contributed by atoms with Crippen LogP contribution in [-0.4, -0.2) is 35.8 Å². The number of benzene rings is 3. The van der Waals surface area contributed by atoms with Crippen LogP contribution in [0.4, 0.5) is 0 Å². The molecule has 0 aliphatic rings. The number of aliphatic carboxylic acids is 1. The maximum absolute atomic E-state index is 10.7. The molecule has 1 heterocycles. The molecule has 4 nitrogen and oxygen atoms in total. The predicted molar refractivity (Wildman–Crippen MR) is 117 cm³/mol.